The van der Waals surface area contributed by atoms with Gasteiger partial charge in [0.2, 0.25) is 0 Å². The maximum absolute atomic E-state index is 12.1. The third-order valence-electron chi connectivity index (χ3n) is 8.03. The third-order valence-corrected chi connectivity index (χ3v) is 8.03. The van der Waals surface area contributed by atoms with Crippen LogP contribution < -0.4 is 4.74 Å². The molecule has 3 aromatic rings. The highest BCUT2D eigenvalue weighted by Crippen LogP contribution is 2.34. The van der Waals surface area contributed by atoms with Crippen molar-refractivity contribution in [2.45, 2.75) is 92.8 Å². The van der Waals surface area contributed by atoms with Crippen LogP contribution in [0.4, 0.5) is 5.69 Å². The Morgan fingerprint density at radius 1 is 1.04 bits per heavy atom. The zero-order valence-corrected chi connectivity index (χ0v) is 27.9. The van der Waals surface area contributed by atoms with Crippen molar-refractivity contribution in [1.82, 2.24) is 15.0 Å². The molecule has 8 nitrogen and oxygen atoms in total. The molecule has 0 bridgehead atoms. The summed E-state index contributed by atoms with van der Waals surface area (Å²) < 4.78 is 11.9. The predicted octanol–water partition coefficient (Wildman–Crippen LogP) is 8.71. The highest BCUT2D eigenvalue weighted by molar-refractivity contribution is 5.76. The van der Waals surface area contributed by atoms with Crippen LogP contribution in [0.25, 0.3) is 28.3 Å². The van der Waals surface area contributed by atoms with Gasteiger partial charge in [0.25, 0.3) is 0 Å². The van der Waals surface area contributed by atoms with Crippen molar-refractivity contribution in [2.24, 2.45) is 5.18 Å². The van der Waals surface area contributed by atoms with Crippen molar-refractivity contribution in [3.8, 4) is 40.9 Å². The van der Waals surface area contributed by atoms with Crippen LogP contribution in [-0.2, 0) is 4.74 Å². The van der Waals surface area contributed by atoms with Crippen LogP contribution in [0.5, 0.6) is 5.75 Å². The number of ether oxygens (including phenoxy) is 2. The van der Waals surface area contributed by atoms with E-state index in [1.165, 1.54) is 6.07 Å². The number of nitroso groups, excluding NO2 is 1. The highest BCUT2D eigenvalue weighted by atomic mass is 16.5. The number of hydrogen-bond acceptors (Lipinski definition) is 8. The molecule has 0 aliphatic carbocycles. The highest BCUT2D eigenvalue weighted by Gasteiger charge is 2.24. The number of terminal acetylenes is 1. The fourth-order valence-corrected chi connectivity index (χ4v) is 4.81. The van der Waals surface area contributed by atoms with E-state index < -0.39 is 6.10 Å². The second-order valence-electron chi connectivity index (χ2n) is 11.9. The van der Waals surface area contributed by atoms with Crippen molar-refractivity contribution in [3.05, 3.63) is 75.5 Å². The van der Waals surface area contributed by atoms with Gasteiger partial charge in [-0.1, -0.05) is 56.4 Å². The zero-order chi connectivity index (χ0) is 33.1. The SMILES string of the molecule is C#C/C(C)=C\C(C)=C(/C)c1nc(-c2ccc(C)cc2C)nc(-c2ccc(OCC(O)COC(C)(CC)CCCC)cc2N=O)n1. The molecule has 2 atom stereocenters. The minimum Gasteiger partial charge on any atom is -0.491 e. The predicted molar refractivity (Wildman–Crippen MR) is 182 cm³/mol. The number of unbranched alkanes of at least 4 members (excludes halogenated alkanes) is 1. The Bertz CT molecular complexity index is 1600. The second-order valence-corrected chi connectivity index (χ2v) is 11.9. The van der Waals surface area contributed by atoms with E-state index >= 15 is 0 Å². The summed E-state index contributed by atoms with van der Waals surface area (Å²) in [4.78, 5) is 26.4. The Morgan fingerprint density at radius 2 is 1.73 bits per heavy atom. The molecule has 0 amide bonds. The maximum atomic E-state index is 12.1. The Balaban J connectivity index is 1.96. The number of allylic oxidation sites excluding steroid dienone is 4. The standard InChI is InChI=1S/C37H46N4O4/c1-10-13-18-37(9,12-3)45-23-29(42)22-44-30-15-17-32(33(21-30)41-43)36-39-34(28(8)26(6)19-24(4)11-2)38-35(40-36)31-16-14-25(5)20-27(31)7/h2,14-17,19-21,29,42H,10,12-13,18,22-23H2,1,3-9H3/b24-19-,28-26+. The van der Waals surface area contributed by atoms with Crippen LogP contribution in [0, 0.1) is 31.1 Å². The number of benzene rings is 2. The van der Waals surface area contributed by atoms with Gasteiger partial charge in [-0.15, -0.1) is 11.3 Å². The molecule has 1 aromatic heterocycles. The molecule has 1 heterocycles. The molecule has 8 heteroatoms. The third kappa shape index (κ3) is 9.65. The van der Waals surface area contributed by atoms with Gasteiger partial charge in [-0.25, -0.2) is 15.0 Å². The molecule has 0 saturated carbocycles. The van der Waals surface area contributed by atoms with Gasteiger partial charge in [-0.2, -0.15) is 0 Å². The molecule has 0 aliphatic heterocycles. The molecule has 0 fully saturated rings. The number of hydrogen-bond donors (Lipinski definition) is 1. The molecular formula is C37H46N4O4. The molecule has 0 radical (unpaired) electrons. The summed E-state index contributed by atoms with van der Waals surface area (Å²) in [6.07, 6.45) is 10.6. The van der Waals surface area contributed by atoms with Gasteiger partial charge in [0.05, 0.1) is 12.2 Å². The molecule has 2 aromatic carbocycles. The molecule has 2 unspecified atom stereocenters. The van der Waals surface area contributed by atoms with Gasteiger partial charge in [0, 0.05) is 17.2 Å². The minimum atomic E-state index is -0.832. The van der Waals surface area contributed by atoms with Gasteiger partial charge >= 0.3 is 0 Å². The molecule has 3 rings (SSSR count). The van der Waals surface area contributed by atoms with Gasteiger partial charge in [0.15, 0.2) is 17.5 Å². The maximum Gasteiger partial charge on any atom is 0.166 e. The van der Waals surface area contributed by atoms with Crippen molar-refractivity contribution in [2.75, 3.05) is 13.2 Å². The van der Waals surface area contributed by atoms with Crippen LogP contribution in [0.2, 0.25) is 0 Å². The zero-order valence-electron chi connectivity index (χ0n) is 27.9. The fourth-order valence-electron chi connectivity index (χ4n) is 4.81. The topological polar surface area (TPSA) is 107 Å². The molecule has 0 saturated heterocycles. The lowest BCUT2D eigenvalue weighted by molar-refractivity contribution is -0.0840. The normalized spacial score (nSPS) is 14.3. The van der Waals surface area contributed by atoms with Crippen molar-refractivity contribution in [3.63, 3.8) is 0 Å². The monoisotopic (exact) mass is 610 g/mol. The van der Waals surface area contributed by atoms with E-state index in [4.69, 9.17) is 30.8 Å². The van der Waals surface area contributed by atoms with Crippen LogP contribution in [0.1, 0.15) is 84.2 Å². The Hall–Kier alpha value is -4.19. The van der Waals surface area contributed by atoms with E-state index in [-0.39, 0.29) is 24.5 Å². The van der Waals surface area contributed by atoms with Crippen LogP contribution in [0.15, 0.2) is 58.8 Å². The van der Waals surface area contributed by atoms with Gasteiger partial charge in [-0.3, -0.25) is 0 Å². The number of aryl methyl sites for hydroxylation is 2. The largest absolute Gasteiger partial charge is 0.491 e. The fraction of sp³-hybridized carbons (Fsp3) is 0.432. The van der Waals surface area contributed by atoms with Crippen LogP contribution in [0.3, 0.4) is 0 Å². The van der Waals surface area contributed by atoms with E-state index in [0.29, 0.717) is 28.8 Å². The van der Waals surface area contributed by atoms with E-state index in [2.05, 4.69) is 37.9 Å². The number of aromatic nitrogens is 3. The number of aliphatic hydroxyl groups is 1. The number of rotatable bonds is 15. The van der Waals surface area contributed by atoms with Crippen LogP contribution >= 0.6 is 0 Å². The lowest BCUT2D eigenvalue weighted by Gasteiger charge is -2.30. The first-order valence-corrected chi connectivity index (χ1v) is 15.5. The van der Waals surface area contributed by atoms with Crippen molar-refractivity contribution in [1.29, 1.82) is 0 Å². The first-order chi connectivity index (χ1) is 21.4. The quantitative estimate of drug-likeness (QED) is 0.104. The van der Waals surface area contributed by atoms with Crippen LogP contribution in [-0.4, -0.2) is 45.0 Å². The Morgan fingerprint density at radius 3 is 2.36 bits per heavy atom. The second kappa shape index (κ2) is 16.2. The minimum absolute atomic E-state index is 0.00578. The summed E-state index contributed by atoms with van der Waals surface area (Å²) in [7, 11) is 0. The molecule has 45 heavy (non-hydrogen) atoms. The average molecular weight is 611 g/mol. The Kier molecular flexibility index (Phi) is 12.7. The number of aliphatic hydroxyl groups excluding tert-OH is 1. The lowest BCUT2D eigenvalue weighted by Crippen LogP contribution is -2.34. The van der Waals surface area contributed by atoms with E-state index in [9.17, 15) is 10.0 Å². The summed E-state index contributed by atoms with van der Waals surface area (Å²) in [5.41, 5.74) is 5.79. The van der Waals surface area contributed by atoms with E-state index in [1.54, 1.807) is 12.1 Å². The molecule has 1 N–H and O–H groups in total. The van der Waals surface area contributed by atoms with Gasteiger partial charge in [0.1, 0.15) is 24.1 Å². The summed E-state index contributed by atoms with van der Waals surface area (Å²) >= 11 is 0. The molecule has 238 valence electrons. The molecular weight excluding hydrogens is 564 g/mol. The lowest BCUT2D eigenvalue weighted by atomic mass is 9.96. The summed E-state index contributed by atoms with van der Waals surface area (Å²) in [5.74, 6) is 4.29. The van der Waals surface area contributed by atoms with Gasteiger partial charge < -0.3 is 14.6 Å². The molecule has 0 spiro atoms. The number of nitrogens with zero attached hydrogens (tertiary/aromatic N) is 4. The van der Waals surface area contributed by atoms with E-state index in [1.807, 2.05) is 52.8 Å². The summed E-state index contributed by atoms with van der Waals surface area (Å²) in [5, 5.41) is 13.8. The smallest absolute Gasteiger partial charge is 0.166 e. The first-order valence-electron chi connectivity index (χ1n) is 15.5. The average Bonchev–Trinajstić information content (AvgIpc) is 3.04. The van der Waals surface area contributed by atoms with E-state index in [0.717, 1.165) is 59.1 Å². The molecule has 0 aliphatic rings. The summed E-state index contributed by atoms with van der Waals surface area (Å²) in [6, 6.07) is 11.0. The first kappa shape index (κ1) is 35.3. The summed E-state index contributed by atoms with van der Waals surface area (Å²) in [6.45, 7) is 16.3. The van der Waals surface area contributed by atoms with Gasteiger partial charge in [-0.05, 0) is 100 Å². The van der Waals surface area contributed by atoms with Crippen molar-refractivity contribution >= 4 is 11.3 Å². The Labute approximate surface area is 268 Å². The van der Waals surface area contributed by atoms with Crippen molar-refractivity contribution < 1.29 is 14.6 Å².